The summed E-state index contributed by atoms with van der Waals surface area (Å²) in [7, 11) is 0. The number of rotatable bonds is 5. The van der Waals surface area contributed by atoms with Crippen molar-refractivity contribution in [3.63, 3.8) is 0 Å². The highest BCUT2D eigenvalue weighted by Crippen LogP contribution is 2.44. The van der Waals surface area contributed by atoms with Gasteiger partial charge in [-0.15, -0.1) is 11.3 Å². The van der Waals surface area contributed by atoms with Crippen molar-refractivity contribution in [3.8, 4) is 10.6 Å². The molecule has 4 rings (SSSR count). The van der Waals surface area contributed by atoms with Gasteiger partial charge in [0.2, 0.25) is 0 Å². The molecular weight excluding hydrogens is 298 g/mol. The molecule has 0 aromatic carbocycles. The van der Waals surface area contributed by atoms with E-state index in [0.717, 1.165) is 18.8 Å². The number of thiophene rings is 1. The van der Waals surface area contributed by atoms with Gasteiger partial charge in [0.1, 0.15) is 0 Å². The molecule has 1 saturated carbocycles. The molecule has 1 aliphatic carbocycles. The summed E-state index contributed by atoms with van der Waals surface area (Å²) in [4.78, 5) is 16.2. The Bertz CT molecular complexity index is 663. The predicted molar refractivity (Wildman–Crippen MR) is 84.5 cm³/mol. The van der Waals surface area contributed by atoms with Crippen LogP contribution in [-0.2, 0) is 11.3 Å². The molecule has 0 spiro atoms. The molecule has 0 amide bonds. The van der Waals surface area contributed by atoms with Crippen LogP contribution in [0.1, 0.15) is 17.7 Å². The van der Waals surface area contributed by atoms with E-state index >= 15 is 0 Å². The third-order valence-corrected chi connectivity index (χ3v) is 5.90. The van der Waals surface area contributed by atoms with E-state index in [1.54, 1.807) is 17.5 Å². The summed E-state index contributed by atoms with van der Waals surface area (Å²) < 4.78 is 0. The van der Waals surface area contributed by atoms with Crippen LogP contribution in [-0.4, -0.2) is 39.3 Å². The topological polar surface area (TPSA) is 69.2 Å². The van der Waals surface area contributed by atoms with Gasteiger partial charge in [-0.3, -0.25) is 14.8 Å². The zero-order valence-corrected chi connectivity index (χ0v) is 13.1. The number of likely N-dealkylation sites (tertiary alicyclic amines) is 1. The summed E-state index contributed by atoms with van der Waals surface area (Å²) in [5.74, 6) is 0.197. The van der Waals surface area contributed by atoms with Crippen LogP contribution in [0.15, 0.2) is 24.4 Å². The van der Waals surface area contributed by atoms with Gasteiger partial charge in [-0.2, -0.15) is 5.10 Å². The minimum absolute atomic E-state index is 0.181. The van der Waals surface area contributed by atoms with Gasteiger partial charge in [-0.1, -0.05) is 0 Å². The van der Waals surface area contributed by atoms with Crippen LogP contribution < -0.4 is 0 Å². The lowest BCUT2D eigenvalue weighted by Crippen LogP contribution is -2.23. The zero-order valence-electron chi connectivity index (χ0n) is 12.2. The Kier molecular flexibility index (Phi) is 3.50. The van der Waals surface area contributed by atoms with Gasteiger partial charge in [0.15, 0.2) is 0 Å². The van der Waals surface area contributed by atoms with Crippen LogP contribution in [0.25, 0.3) is 10.6 Å². The van der Waals surface area contributed by atoms with E-state index in [1.165, 1.54) is 22.6 Å². The third-order valence-electron chi connectivity index (χ3n) is 4.79. The van der Waals surface area contributed by atoms with E-state index in [4.69, 9.17) is 0 Å². The lowest BCUT2D eigenvalue weighted by molar-refractivity contribution is -0.142. The van der Waals surface area contributed by atoms with E-state index in [-0.39, 0.29) is 5.92 Å². The summed E-state index contributed by atoms with van der Waals surface area (Å²) in [6.45, 7) is 2.47. The Hall–Kier alpha value is -1.66. The highest BCUT2D eigenvalue weighted by molar-refractivity contribution is 7.15. The molecule has 2 aromatic heterocycles. The maximum Gasteiger partial charge on any atom is 0.308 e. The summed E-state index contributed by atoms with van der Waals surface area (Å²) >= 11 is 1.75. The molecule has 2 atom stereocenters. The molecule has 5 nitrogen and oxygen atoms in total. The molecule has 6 heteroatoms. The first-order chi connectivity index (χ1) is 10.7. The first-order valence-electron chi connectivity index (χ1n) is 7.74. The molecule has 0 bridgehead atoms. The highest BCUT2D eigenvalue weighted by atomic mass is 32.1. The van der Waals surface area contributed by atoms with Crippen molar-refractivity contribution in [3.05, 3.63) is 29.3 Å². The molecule has 2 aromatic rings. The van der Waals surface area contributed by atoms with Gasteiger partial charge in [0, 0.05) is 30.7 Å². The summed E-state index contributed by atoms with van der Waals surface area (Å²) in [5.41, 5.74) is 1.04. The Morgan fingerprint density at radius 3 is 2.91 bits per heavy atom. The summed E-state index contributed by atoms with van der Waals surface area (Å²) in [6, 6.07) is 6.22. The largest absolute Gasteiger partial charge is 0.481 e. The molecule has 2 aliphatic rings. The molecular formula is C16H19N3O2S. The van der Waals surface area contributed by atoms with Crippen molar-refractivity contribution < 1.29 is 9.90 Å². The van der Waals surface area contributed by atoms with Crippen molar-refractivity contribution in [2.75, 3.05) is 13.1 Å². The molecule has 2 N–H and O–H groups in total. The molecule has 0 unspecified atom stereocenters. The fourth-order valence-corrected chi connectivity index (χ4v) is 4.55. The standard InChI is InChI=1S/C16H19N3O2S/c20-16(21)13-9-19(8-12(13)10-1-2-10)7-11-3-4-15(22-11)14-5-6-17-18-14/h3-6,10,12-13H,1-2,7-9H2,(H,17,18)(H,20,21)/t12-,13+/m0/s1. The van der Waals surface area contributed by atoms with Crippen molar-refractivity contribution >= 4 is 17.3 Å². The Morgan fingerprint density at radius 2 is 2.23 bits per heavy atom. The molecule has 116 valence electrons. The van der Waals surface area contributed by atoms with Crippen LogP contribution in [0.4, 0.5) is 0 Å². The Labute approximate surface area is 133 Å². The van der Waals surface area contributed by atoms with E-state index in [9.17, 15) is 9.90 Å². The average molecular weight is 317 g/mol. The minimum Gasteiger partial charge on any atom is -0.481 e. The molecule has 0 radical (unpaired) electrons. The SMILES string of the molecule is O=C(O)[C@@H]1CN(Cc2ccc(-c3ccn[nH]3)s2)C[C@H]1C1CC1. The number of carboxylic acids is 1. The number of carbonyl (C=O) groups is 1. The van der Waals surface area contributed by atoms with Crippen LogP contribution in [0.2, 0.25) is 0 Å². The number of aliphatic carboxylic acids is 1. The summed E-state index contributed by atoms with van der Waals surface area (Å²) in [5, 5.41) is 16.4. The number of hydrogen-bond acceptors (Lipinski definition) is 4. The first kappa shape index (κ1) is 14.0. The van der Waals surface area contributed by atoms with Gasteiger partial charge in [0.05, 0.1) is 16.5 Å². The van der Waals surface area contributed by atoms with Crippen LogP contribution in [0, 0.1) is 17.8 Å². The van der Waals surface area contributed by atoms with E-state index in [2.05, 4.69) is 27.2 Å². The van der Waals surface area contributed by atoms with Gasteiger partial charge in [0.25, 0.3) is 0 Å². The fourth-order valence-electron chi connectivity index (χ4n) is 3.53. The quantitative estimate of drug-likeness (QED) is 0.889. The second-order valence-electron chi connectivity index (χ2n) is 6.38. The maximum absolute atomic E-state index is 11.5. The number of aromatic nitrogens is 2. The Balaban J connectivity index is 1.44. The molecule has 1 saturated heterocycles. The number of carboxylic acid groups (broad SMARTS) is 1. The van der Waals surface area contributed by atoms with Crippen LogP contribution in [0.3, 0.4) is 0 Å². The third kappa shape index (κ3) is 2.68. The monoisotopic (exact) mass is 317 g/mol. The maximum atomic E-state index is 11.5. The smallest absolute Gasteiger partial charge is 0.308 e. The van der Waals surface area contributed by atoms with E-state index in [0.29, 0.717) is 18.4 Å². The average Bonchev–Trinajstić information content (AvgIpc) is 2.96. The predicted octanol–water partition coefficient (Wildman–Crippen LogP) is 2.68. The molecule has 1 aliphatic heterocycles. The molecule has 3 heterocycles. The van der Waals surface area contributed by atoms with E-state index in [1.807, 2.05) is 6.07 Å². The lowest BCUT2D eigenvalue weighted by atomic mass is 9.92. The van der Waals surface area contributed by atoms with Crippen molar-refractivity contribution in [2.24, 2.45) is 17.8 Å². The van der Waals surface area contributed by atoms with Crippen molar-refractivity contribution in [1.29, 1.82) is 0 Å². The lowest BCUT2D eigenvalue weighted by Gasteiger charge is -2.14. The Morgan fingerprint density at radius 1 is 1.36 bits per heavy atom. The highest BCUT2D eigenvalue weighted by Gasteiger charge is 2.45. The molecule has 2 fully saturated rings. The number of nitrogens with one attached hydrogen (secondary N) is 1. The van der Waals surface area contributed by atoms with Crippen molar-refractivity contribution in [2.45, 2.75) is 19.4 Å². The second-order valence-corrected chi connectivity index (χ2v) is 7.54. The zero-order chi connectivity index (χ0) is 15.1. The first-order valence-corrected chi connectivity index (χ1v) is 8.56. The summed E-state index contributed by atoms with van der Waals surface area (Å²) in [6.07, 6.45) is 4.18. The van der Waals surface area contributed by atoms with Gasteiger partial charge in [-0.25, -0.2) is 0 Å². The molecule has 22 heavy (non-hydrogen) atoms. The second kappa shape index (κ2) is 5.52. The van der Waals surface area contributed by atoms with Crippen molar-refractivity contribution in [1.82, 2.24) is 15.1 Å². The van der Waals surface area contributed by atoms with Crippen LogP contribution >= 0.6 is 11.3 Å². The fraction of sp³-hybridized carbons (Fsp3) is 0.500. The normalized spacial score (nSPS) is 25.6. The number of nitrogens with zero attached hydrogens (tertiary/aromatic N) is 2. The van der Waals surface area contributed by atoms with Crippen LogP contribution in [0.5, 0.6) is 0 Å². The van der Waals surface area contributed by atoms with Gasteiger partial charge in [-0.05, 0) is 42.9 Å². The van der Waals surface area contributed by atoms with Gasteiger partial charge >= 0.3 is 5.97 Å². The minimum atomic E-state index is -0.622. The number of hydrogen-bond donors (Lipinski definition) is 2. The number of aromatic amines is 1. The number of H-pyrrole nitrogens is 1. The van der Waals surface area contributed by atoms with Gasteiger partial charge < -0.3 is 5.11 Å². The van der Waals surface area contributed by atoms with E-state index < -0.39 is 5.97 Å².